The molecule has 0 radical (unpaired) electrons. The third kappa shape index (κ3) is 3.76. The van der Waals surface area contributed by atoms with Crippen molar-refractivity contribution >= 4 is 17.5 Å². The summed E-state index contributed by atoms with van der Waals surface area (Å²) in [5, 5.41) is 3.12. The van der Waals surface area contributed by atoms with Crippen LogP contribution < -0.4 is 16.8 Å². The summed E-state index contributed by atoms with van der Waals surface area (Å²) in [4.78, 5) is 22.4. The van der Waals surface area contributed by atoms with E-state index in [1.165, 1.54) is 12.1 Å². The molecular formula is C13H19N3O2. The van der Waals surface area contributed by atoms with Crippen LogP contribution in [0.2, 0.25) is 0 Å². The molecule has 0 unspecified atom stereocenters. The molecule has 0 saturated heterocycles. The number of anilines is 1. The van der Waals surface area contributed by atoms with E-state index in [1.54, 1.807) is 6.07 Å². The van der Waals surface area contributed by atoms with Crippen LogP contribution in [0.25, 0.3) is 0 Å². The lowest BCUT2D eigenvalue weighted by Gasteiger charge is -2.21. The number of benzene rings is 1. The summed E-state index contributed by atoms with van der Waals surface area (Å²) in [6, 6.07) is 4.55. The fourth-order valence-corrected chi connectivity index (χ4v) is 1.42. The number of primary amides is 2. The maximum absolute atomic E-state index is 11.3. The molecule has 0 aliphatic rings. The first-order valence-corrected chi connectivity index (χ1v) is 5.68. The zero-order chi connectivity index (χ0) is 13.9. The average Bonchev–Trinajstić information content (AvgIpc) is 2.24. The van der Waals surface area contributed by atoms with Crippen LogP contribution in [0.15, 0.2) is 18.2 Å². The van der Waals surface area contributed by atoms with Crippen LogP contribution in [-0.2, 0) is 0 Å². The molecular weight excluding hydrogens is 230 g/mol. The number of hydrogen-bond donors (Lipinski definition) is 3. The first kappa shape index (κ1) is 14.0. The lowest BCUT2D eigenvalue weighted by atomic mass is 9.96. The van der Waals surface area contributed by atoms with Gasteiger partial charge in [-0.25, -0.2) is 0 Å². The highest BCUT2D eigenvalue weighted by atomic mass is 16.1. The molecule has 18 heavy (non-hydrogen) atoms. The van der Waals surface area contributed by atoms with Crippen LogP contribution in [0, 0.1) is 5.41 Å². The fraction of sp³-hybridized carbons (Fsp3) is 0.385. The van der Waals surface area contributed by atoms with Crippen molar-refractivity contribution < 1.29 is 9.59 Å². The van der Waals surface area contributed by atoms with Crippen molar-refractivity contribution in [3.63, 3.8) is 0 Å². The Labute approximate surface area is 107 Å². The van der Waals surface area contributed by atoms with Gasteiger partial charge < -0.3 is 16.8 Å². The Morgan fingerprint density at radius 3 is 2.22 bits per heavy atom. The molecule has 5 N–H and O–H groups in total. The van der Waals surface area contributed by atoms with Crippen molar-refractivity contribution in [2.75, 3.05) is 11.9 Å². The first-order valence-electron chi connectivity index (χ1n) is 5.68. The van der Waals surface area contributed by atoms with Gasteiger partial charge in [-0.1, -0.05) is 20.8 Å². The van der Waals surface area contributed by atoms with E-state index < -0.39 is 11.8 Å². The zero-order valence-corrected chi connectivity index (χ0v) is 10.9. The zero-order valence-electron chi connectivity index (χ0n) is 10.9. The number of carbonyl (C=O) groups is 2. The number of nitrogens with two attached hydrogens (primary N) is 2. The lowest BCUT2D eigenvalue weighted by Crippen LogP contribution is -2.22. The quantitative estimate of drug-likeness (QED) is 0.751. The van der Waals surface area contributed by atoms with Gasteiger partial charge in [0.1, 0.15) is 0 Å². The molecule has 1 rings (SSSR count). The average molecular weight is 249 g/mol. The van der Waals surface area contributed by atoms with Gasteiger partial charge in [0.05, 0.1) is 5.56 Å². The Balaban J connectivity index is 3.08. The number of rotatable bonds is 4. The summed E-state index contributed by atoms with van der Waals surface area (Å²) in [5.41, 5.74) is 11.8. The van der Waals surface area contributed by atoms with E-state index in [4.69, 9.17) is 11.5 Å². The smallest absolute Gasteiger partial charge is 0.250 e. The predicted molar refractivity (Wildman–Crippen MR) is 71.4 cm³/mol. The van der Waals surface area contributed by atoms with Crippen LogP contribution in [0.1, 0.15) is 41.5 Å². The third-order valence-corrected chi connectivity index (χ3v) is 2.38. The molecule has 0 fully saturated rings. The van der Waals surface area contributed by atoms with Crippen molar-refractivity contribution in [3.8, 4) is 0 Å². The third-order valence-electron chi connectivity index (χ3n) is 2.38. The van der Waals surface area contributed by atoms with Gasteiger partial charge in [0.15, 0.2) is 0 Å². The molecule has 0 heterocycles. The molecule has 5 heteroatoms. The highest BCUT2D eigenvalue weighted by Crippen LogP contribution is 2.20. The first-order chi connectivity index (χ1) is 8.20. The molecule has 0 saturated carbocycles. The second kappa shape index (κ2) is 5.08. The Morgan fingerprint density at radius 2 is 1.78 bits per heavy atom. The van der Waals surface area contributed by atoms with E-state index in [0.29, 0.717) is 23.4 Å². The van der Waals surface area contributed by atoms with Crippen LogP contribution in [0.3, 0.4) is 0 Å². The molecule has 1 aromatic carbocycles. The van der Waals surface area contributed by atoms with Crippen molar-refractivity contribution in [2.45, 2.75) is 20.8 Å². The van der Waals surface area contributed by atoms with E-state index >= 15 is 0 Å². The fourth-order valence-electron chi connectivity index (χ4n) is 1.42. The summed E-state index contributed by atoms with van der Waals surface area (Å²) < 4.78 is 0. The second-order valence-corrected chi connectivity index (χ2v) is 5.40. The molecule has 0 atom stereocenters. The van der Waals surface area contributed by atoms with Crippen LogP contribution >= 0.6 is 0 Å². The van der Waals surface area contributed by atoms with Crippen molar-refractivity contribution in [2.24, 2.45) is 16.9 Å². The van der Waals surface area contributed by atoms with E-state index in [0.717, 1.165) is 0 Å². The molecule has 0 spiro atoms. The summed E-state index contributed by atoms with van der Waals surface area (Å²) in [7, 11) is 0. The molecule has 0 aliphatic carbocycles. The van der Waals surface area contributed by atoms with Crippen LogP contribution in [-0.4, -0.2) is 18.4 Å². The largest absolute Gasteiger partial charge is 0.384 e. The molecule has 5 nitrogen and oxygen atoms in total. The Morgan fingerprint density at radius 1 is 1.17 bits per heavy atom. The highest BCUT2D eigenvalue weighted by molar-refractivity contribution is 6.01. The minimum absolute atomic E-state index is 0.0393. The molecule has 98 valence electrons. The summed E-state index contributed by atoms with van der Waals surface area (Å²) >= 11 is 0. The Kier molecular flexibility index (Phi) is 3.96. The number of hydrogen-bond acceptors (Lipinski definition) is 3. The van der Waals surface area contributed by atoms with E-state index in [-0.39, 0.29) is 5.41 Å². The van der Waals surface area contributed by atoms with Gasteiger partial charge in [0.25, 0.3) is 5.91 Å². The maximum atomic E-state index is 11.3. The van der Waals surface area contributed by atoms with Gasteiger partial charge >= 0.3 is 0 Å². The normalized spacial score (nSPS) is 11.1. The van der Waals surface area contributed by atoms with Crippen molar-refractivity contribution in [3.05, 3.63) is 29.3 Å². The van der Waals surface area contributed by atoms with Gasteiger partial charge in [-0.05, 0) is 23.6 Å². The van der Waals surface area contributed by atoms with E-state index in [9.17, 15) is 9.59 Å². The monoisotopic (exact) mass is 249 g/mol. The van der Waals surface area contributed by atoms with Crippen LogP contribution in [0.4, 0.5) is 5.69 Å². The predicted octanol–water partition coefficient (Wildman–Crippen LogP) is 1.34. The SMILES string of the molecule is CC(C)(C)CNc1cc(C(N)=O)ccc1C(N)=O. The highest BCUT2D eigenvalue weighted by Gasteiger charge is 2.14. The second-order valence-electron chi connectivity index (χ2n) is 5.40. The van der Waals surface area contributed by atoms with Gasteiger partial charge in [0.2, 0.25) is 5.91 Å². The molecule has 0 aliphatic heterocycles. The lowest BCUT2D eigenvalue weighted by molar-refractivity contribution is 0.0989. The summed E-state index contributed by atoms with van der Waals surface area (Å²) in [6.07, 6.45) is 0. The van der Waals surface area contributed by atoms with Gasteiger partial charge in [-0.2, -0.15) is 0 Å². The Bertz CT molecular complexity index is 476. The molecule has 0 bridgehead atoms. The molecule has 1 aromatic rings. The topological polar surface area (TPSA) is 98.2 Å². The summed E-state index contributed by atoms with van der Waals surface area (Å²) in [6.45, 7) is 6.82. The molecule has 0 aromatic heterocycles. The minimum atomic E-state index is -0.539. The number of carbonyl (C=O) groups excluding carboxylic acids is 2. The van der Waals surface area contributed by atoms with E-state index in [2.05, 4.69) is 26.1 Å². The van der Waals surface area contributed by atoms with Gasteiger partial charge in [-0.15, -0.1) is 0 Å². The summed E-state index contributed by atoms with van der Waals surface area (Å²) in [5.74, 6) is -1.08. The Hall–Kier alpha value is -2.04. The standard InChI is InChI=1S/C13H19N3O2/c1-13(2,3)7-16-10-6-8(11(14)17)4-5-9(10)12(15)18/h4-6,16H,7H2,1-3H3,(H2,14,17)(H2,15,18). The number of nitrogens with one attached hydrogen (secondary N) is 1. The molecule has 2 amide bonds. The van der Waals surface area contributed by atoms with Gasteiger partial charge in [0, 0.05) is 17.8 Å². The van der Waals surface area contributed by atoms with E-state index in [1.807, 2.05) is 0 Å². The minimum Gasteiger partial charge on any atom is -0.384 e. The van der Waals surface area contributed by atoms with Crippen LogP contribution in [0.5, 0.6) is 0 Å². The van der Waals surface area contributed by atoms with Gasteiger partial charge in [-0.3, -0.25) is 9.59 Å². The maximum Gasteiger partial charge on any atom is 0.250 e. The van der Waals surface area contributed by atoms with Crippen molar-refractivity contribution in [1.29, 1.82) is 0 Å². The number of amides is 2. The van der Waals surface area contributed by atoms with Crippen molar-refractivity contribution in [1.82, 2.24) is 0 Å².